The van der Waals surface area contributed by atoms with Gasteiger partial charge in [-0.05, 0) is 36.4 Å². The van der Waals surface area contributed by atoms with Crippen molar-refractivity contribution in [3.63, 3.8) is 0 Å². The molecule has 0 fully saturated rings. The van der Waals surface area contributed by atoms with E-state index in [1.165, 1.54) is 18.2 Å². The van der Waals surface area contributed by atoms with E-state index in [-0.39, 0.29) is 17.9 Å². The second kappa shape index (κ2) is 6.87. The third-order valence-electron chi connectivity index (χ3n) is 4.00. The SMILES string of the molecule is O=C(NCc1cc(-c2ccc(F)cc2)on1)c1cc2ccccc2oc1=O. The molecule has 2 aromatic carbocycles. The van der Waals surface area contributed by atoms with E-state index < -0.39 is 11.5 Å². The summed E-state index contributed by atoms with van der Waals surface area (Å²) in [5.74, 6) is -0.467. The number of carbonyl (C=O) groups excluding carboxylic acids is 1. The van der Waals surface area contributed by atoms with Crippen molar-refractivity contribution in [2.24, 2.45) is 0 Å². The van der Waals surface area contributed by atoms with Gasteiger partial charge in [0.15, 0.2) is 5.76 Å². The highest BCUT2D eigenvalue weighted by Gasteiger charge is 2.14. The van der Waals surface area contributed by atoms with Crippen molar-refractivity contribution in [3.05, 3.63) is 88.2 Å². The predicted molar refractivity (Wildman–Crippen MR) is 95.6 cm³/mol. The number of fused-ring (bicyclic) bond motifs is 1. The van der Waals surface area contributed by atoms with Crippen LogP contribution < -0.4 is 10.9 Å². The zero-order chi connectivity index (χ0) is 18.8. The first-order chi connectivity index (χ1) is 13.1. The molecule has 0 spiro atoms. The van der Waals surface area contributed by atoms with Crippen LogP contribution in [0.5, 0.6) is 0 Å². The van der Waals surface area contributed by atoms with Crippen LogP contribution in [0.15, 0.2) is 74.4 Å². The summed E-state index contributed by atoms with van der Waals surface area (Å²) < 4.78 is 23.3. The number of amides is 1. The number of aromatic nitrogens is 1. The van der Waals surface area contributed by atoms with Crippen LogP contribution in [-0.2, 0) is 6.54 Å². The number of hydrogen-bond donors (Lipinski definition) is 1. The van der Waals surface area contributed by atoms with Crippen LogP contribution in [0.1, 0.15) is 16.1 Å². The molecule has 7 heteroatoms. The quantitative estimate of drug-likeness (QED) is 0.560. The number of hydrogen-bond acceptors (Lipinski definition) is 5. The van der Waals surface area contributed by atoms with Gasteiger partial charge in [-0.25, -0.2) is 9.18 Å². The first-order valence-corrected chi connectivity index (χ1v) is 8.13. The molecule has 0 atom stereocenters. The van der Waals surface area contributed by atoms with Gasteiger partial charge in [0.1, 0.15) is 22.7 Å². The van der Waals surface area contributed by atoms with Crippen LogP contribution >= 0.6 is 0 Å². The van der Waals surface area contributed by atoms with E-state index in [0.717, 1.165) is 0 Å². The average Bonchev–Trinajstić information content (AvgIpc) is 3.15. The van der Waals surface area contributed by atoms with Crippen molar-refractivity contribution in [1.29, 1.82) is 0 Å². The zero-order valence-electron chi connectivity index (χ0n) is 13.9. The van der Waals surface area contributed by atoms with Gasteiger partial charge < -0.3 is 14.3 Å². The van der Waals surface area contributed by atoms with Crippen molar-refractivity contribution in [3.8, 4) is 11.3 Å². The molecule has 0 saturated carbocycles. The maximum atomic E-state index is 13.0. The predicted octanol–water partition coefficient (Wildman–Crippen LogP) is 3.52. The Bertz CT molecular complexity index is 1180. The molecule has 1 N–H and O–H groups in total. The maximum Gasteiger partial charge on any atom is 0.349 e. The Labute approximate surface area is 152 Å². The normalized spacial score (nSPS) is 10.9. The van der Waals surface area contributed by atoms with Crippen LogP contribution in [0, 0.1) is 5.82 Å². The monoisotopic (exact) mass is 364 g/mol. The van der Waals surface area contributed by atoms with Gasteiger partial charge in [-0.2, -0.15) is 0 Å². The summed E-state index contributed by atoms with van der Waals surface area (Å²) in [6, 6.07) is 15.8. The van der Waals surface area contributed by atoms with E-state index in [9.17, 15) is 14.0 Å². The molecule has 27 heavy (non-hydrogen) atoms. The summed E-state index contributed by atoms with van der Waals surface area (Å²) in [5, 5.41) is 7.14. The Morgan fingerprint density at radius 1 is 1.07 bits per heavy atom. The smallest absolute Gasteiger partial charge is 0.349 e. The highest BCUT2D eigenvalue weighted by Crippen LogP contribution is 2.20. The van der Waals surface area contributed by atoms with E-state index in [0.29, 0.717) is 28.0 Å². The summed E-state index contributed by atoms with van der Waals surface area (Å²) in [5.41, 5.74) is 0.748. The highest BCUT2D eigenvalue weighted by molar-refractivity contribution is 5.96. The molecule has 6 nitrogen and oxygen atoms in total. The number of benzene rings is 2. The van der Waals surface area contributed by atoms with Crippen LogP contribution in [0.4, 0.5) is 4.39 Å². The lowest BCUT2D eigenvalue weighted by molar-refractivity contribution is 0.0946. The van der Waals surface area contributed by atoms with Crippen LogP contribution in [0.3, 0.4) is 0 Å². The van der Waals surface area contributed by atoms with E-state index in [2.05, 4.69) is 10.5 Å². The minimum absolute atomic E-state index is 0.0653. The van der Waals surface area contributed by atoms with Gasteiger partial charge in [0.25, 0.3) is 5.91 Å². The zero-order valence-corrected chi connectivity index (χ0v) is 13.9. The second-order valence-electron chi connectivity index (χ2n) is 5.86. The van der Waals surface area contributed by atoms with Crippen molar-refractivity contribution >= 4 is 16.9 Å². The topological polar surface area (TPSA) is 85.3 Å². The lowest BCUT2D eigenvalue weighted by Crippen LogP contribution is -2.27. The molecule has 0 unspecified atom stereocenters. The Balaban J connectivity index is 1.49. The Hall–Kier alpha value is -3.74. The third kappa shape index (κ3) is 3.48. The summed E-state index contributed by atoms with van der Waals surface area (Å²) in [6.07, 6.45) is 0. The van der Waals surface area contributed by atoms with Gasteiger partial charge in [0.2, 0.25) is 0 Å². The Kier molecular flexibility index (Phi) is 4.25. The molecule has 0 aliphatic carbocycles. The maximum absolute atomic E-state index is 13.0. The van der Waals surface area contributed by atoms with Crippen molar-refractivity contribution in [2.45, 2.75) is 6.54 Å². The molecule has 0 radical (unpaired) electrons. The van der Waals surface area contributed by atoms with Gasteiger partial charge >= 0.3 is 5.63 Å². The third-order valence-corrected chi connectivity index (χ3v) is 4.00. The van der Waals surface area contributed by atoms with Crippen molar-refractivity contribution in [1.82, 2.24) is 10.5 Å². The molecule has 1 amide bonds. The van der Waals surface area contributed by atoms with Gasteiger partial charge in [-0.1, -0.05) is 23.4 Å². The number of nitrogens with one attached hydrogen (secondary N) is 1. The summed E-state index contributed by atoms with van der Waals surface area (Å²) in [7, 11) is 0. The first kappa shape index (κ1) is 16.7. The number of halogens is 1. The average molecular weight is 364 g/mol. The van der Waals surface area contributed by atoms with Gasteiger partial charge in [0, 0.05) is 17.0 Å². The fraction of sp³-hybridized carbons (Fsp3) is 0.0500. The van der Waals surface area contributed by atoms with Crippen LogP contribution in [-0.4, -0.2) is 11.1 Å². The molecule has 0 aliphatic heterocycles. The molecule has 134 valence electrons. The highest BCUT2D eigenvalue weighted by atomic mass is 19.1. The number of carbonyl (C=O) groups is 1. The van der Waals surface area contributed by atoms with Crippen molar-refractivity contribution in [2.75, 3.05) is 0 Å². The van der Waals surface area contributed by atoms with E-state index >= 15 is 0 Å². The van der Waals surface area contributed by atoms with Gasteiger partial charge in [0.05, 0.1) is 6.54 Å². The molecule has 0 aliphatic rings. The molecular formula is C20H13FN2O4. The Morgan fingerprint density at radius 2 is 1.85 bits per heavy atom. The van der Waals surface area contributed by atoms with Crippen LogP contribution in [0.2, 0.25) is 0 Å². The minimum Gasteiger partial charge on any atom is -0.422 e. The van der Waals surface area contributed by atoms with E-state index in [4.69, 9.17) is 8.94 Å². The molecule has 4 aromatic rings. The number of para-hydroxylation sites is 1. The minimum atomic E-state index is -0.710. The summed E-state index contributed by atoms with van der Waals surface area (Å²) >= 11 is 0. The van der Waals surface area contributed by atoms with E-state index in [1.807, 2.05) is 0 Å². The van der Waals surface area contributed by atoms with Crippen molar-refractivity contribution < 1.29 is 18.1 Å². The first-order valence-electron chi connectivity index (χ1n) is 8.13. The lowest BCUT2D eigenvalue weighted by Gasteiger charge is -2.03. The van der Waals surface area contributed by atoms with E-state index in [1.54, 1.807) is 42.5 Å². The molecule has 2 aromatic heterocycles. The molecule has 0 bridgehead atoms. The number of nitrogens with zero attached hydrogens (tertiary/aromatic N) is 1. The van der Waals surface area contributed by atoms with Crippen LogP contribution in [0.25, 0.3) is 22.3 Å². The largest absolute Gasteiger partial charge is 0.422 e. The second-order valence-corrected chi connectivity index (χ2v) is 5.86. The summed E-state index contributed by atoms with van der Waals surface area (Å²) in [6.45, 7) is 0.0653. The number of rotatable bonds is 4. The molecular weight excluding hydrogens is 351 g/mol. The fourth-order valence-electron chi connectivity index (χ4n) is 2.63. The lowest BCUT2D eigenvalue weighted by atomic mass is 10.1. The Morgan fingerprint density at radius 3 is 2.67 bits per heavy atom. The fourth-order valence-corrected chi connectivity index (χ4v) is 2.63. The summed E-state index contributed by atoms with van der Waals surface area (Å²) in [4.78, 5) is 24.3. The molecule has 0 saturated heterocycles. The van der Waals surface area contributed by atoms with Gasteiger partial charge in [-0.15, -0.1) is 0 Å². The molecule has 2 heterocycles. The standard InChI is InChI=1S/C20H13FN2O4/c21-14-7-5-12(6-8-14)18-10-15(23-27-18)11-22-19(24)16-9-13-3-1-2-4-17(13)26-20(16)25/h1-10H,11H2,(H,22,24). The van der Waals surface area contributed by atoms with Gasteiger partial charge in [-0.3, -0.25) is 4.79 Å². The molecule has 4 rings (SSSR count).